The van der Waals surface area contributed by atoms with Crippen LogP contribution in [-0.2, 0) is 12.0 Å². The Morgan fingerprint density at radius 2 is 2.00 bits per heavy atom. The minimum absolute atomic E-state index is 0.238. The highest BCUT2D eigenvalue weighted by molar-refractivity contribution is 7.09. The molecule has 2 aromatic rings. The third-order valence-electron chi connectivity index (χ3n) is 7.19. The maximum atomic E-state index is 10.2. The van der Waals surface area contributed by atoms with Crippen LogP contribution in [0.15, 0.2) is 35.8 Å². The van der Waals surface area contributed by atoms with Crippen molar-refractivity contribution < 1.29 is 5.11 Å². The summed E-state index contributed by atoms with van der Waals surface area (Å²) in [6.07, 6.45) is 11.6. The summed E-state index contributed by atoms with van der Waals surface area (Å²) in [6.45, 7) is 8.34. The summed E-state index contributed by atoms with van der Waals surface area (Å²) in [5, 5.41) is 12.4. The molecule has 3 nitrogen and oxygen atoms in total. The summed E-state index contributed by atoms with van der Waals surface area (Å²) >= 11 is 1.89. The van der Waals surface area contributed by atoms with Gasteiger partial charge in [0.15, 0.2) is 0 Å². The van der Waals surface area contributed by atoms with Gasteiger partial charge in [-0.1, -0.05) is 18.6 Å². The molecule has 1 saturated carbocycles. The van der Waals surface area contributed by atoms with Gasteiger partial charge in [0, 0.05) is 28.9 Å². The Morgan fingerprint density at radius 3 is 2.62 bits per heavy atom. The van der Waals surface area contributed by atoms with Crippen molar-refractivity contribution in [3.63, 3.8) is 0 Å². The third-order valence-corrected chi connectivity index (χ3v) is 8.13. The topological polar surface area (TPSA) is 36.4 Å². The number of hydrogen-bond donors (Lipinski definition) is 1. The lowest BCUT2D eigenvalue weighted by Crippen LogP contribution is -2.36. The van der Waals surface area contributed by atoms with Crippen molar-refractivity contribution in [2.45, 2.75) is 83.3 Å². The van der Waals surface area contributed by atoms with Gasteiger partial charge in [-0.2, -0.15) is 0 Å². The fourth-order valence-electron chi connectivity index (χ4n) is 5.22. The molecule has 0 amide bonds. The second-order valence-corrected chi connectivity index (χ2v) is 11.2. The van der Waals surface area contributed by atoms with E-state index in [-0.39, 0.29) is 5.54 Å². The molecule has 4 rings (SSSR count). The van der Waals surface area contributed by atoms with Gasteiger partial charge in [0.25, 0.3) is 0 Å². The molecule has 29 heavy (non-hydrogen) atoms. The summed E-state index contributed by atoms with van der Waals surface area (Å²) in [4.78, 5) is 8.87. The summed E-state index contributed by atoms with van der Waals surface area (Å²) in [5.74, 6) is 0. The average molecular weight is 413 g/mol. The molecule has 0 aromatic carbocycles. The van der Waals surface area contributed by atoms with Gasteiger partial charge in [0.2, 0.25) is 0 Å². The average Bonchev–Trinajstić information content (AvgIpc) is 3.11. The molecule has 0 bridgehead atoms. The predicted octanol–water partition coefficient (Wildman–Crippen LogP) is 5.71. The van der Waals surface area contributed by atoms with Crippen LogP contribution < -0.4 is 0 Å². The molecule has 2 aromatic heterocycles. The number of aryl methyl sites for hydroxylation is 2. The first-order chi connectivity index (χ1) is 13.8. The molecule has 0 unspecified atom stereocenters. The highest BCUT2D eigenvalue weighted by Gasteiger charge is 2.54. The second kappa shape index (κ2) is 8.13. The molecule has 2 aliphatic rings. The number of nitrogens with zero attached hydrogens (tertiary/aromatic N) is 2. The second-order valence-electron chi connectivity index (χ2n) is 10.1. The number of pyridine rings is 1. The van der Waals surface area contributed by atoms with Crippen LogP contribution in [0.3, 0.4) is 0 Å². The number of hydrogen-bond acceptors (Lipinski definition) is 4. The lowest BCUT2D eigenvalue weighted by atomic mass is 9.77. The molecule has 1 N–H and O–H groups in total. The van der Waals surface area contributed by atoms with Gasteiger partial charge >= 0.3 is 0 Å². The standard InChI is InChI=1S/C25H36N2OS/c1-20-7-8-21(18-26-20)25(13-14-25)27-16-15-24(19-27,11-5-10-23(2,3)28)12-9-22-6-4-17-29-22/h4,6-8,17-18,28H,5,9-16,19H2,1-3H3/t24-/m1/s1. The first-order valence-electron chi connectivity index (χ1n) is 11.2. The smallest absolute Gasteiger partial charge is 0.0591 e. The minimum Gasteiger partial charge on any atom is -0.390 e. The summed E-state index contributed by atoms with van der Waals surface area (Å²) in [7, 11) is 0. The van der Waals surface area contributed by atoms with E-state index in [2.05, 4.69) is 52.7 Å². The van der Waals surface area contributed by atoms with Crippen LogP contribution in [0.5, 0.6) is 0 Å². The fourth-order valence-corrected chi connectivity index (χ4v) is 5.93. The van der Waals surface area contributed by atoms with Gasteiger partial charge in [-0.15, -0.1) is 11.3 Å². The van der Waals surface area contributed by atoms with Gasteiger partial charge < -0.3 is 5.11 Å². The first kappa shape index (κ1) is 21.0. The Bertz CT molecular complexity index is 789. The molecule has 2 fully saturated rings. The highest BCUT2D eigenvalue weighted by atomic mass is 32.1. The van der Waals surface area contributed by atoms with Crippen LogP contribution in [0.4, 0.5) is 0 Å². The lowest BCUT2D eigenvalue weighted by Gasteiger charge is -2.34. The van der Waals surface area contributed by atoms with Crippen LogP contribution >= 0.6 is 11.3 Å². The molecule has 1 aliphatic carbocycles. The number of likely N-dealkylation sites (tertiary alicyclic amines) is 1. The number of aromatic nitrogens is 1. The van der Waals surface area contributed by atoms with E-state index in [1.165, 1.54) is 62.1 Å². The number of thiophene rings is 1. The van der Waals surface area contributed by atoms with Gasteiger partial charge in [-0.25, -0.2) is 0 Å². The molecule has 3 heterocycles. The van der Waals surface area contributed by atoms with Crippen LogP contribution in [0.2, 0.25) is 0 Å². The van der Waals surface area contributed by atoms with Crippen molar-refractivity contribution >= 4 is 11.3 Å². The Balaban J connectivity index is 1.47. The quantitative estimate of drug-likeness (QED) is 0.573. The van der Waals surface area contributed by atoms with E-state index in [1.807, 2.05) is 25.2 Å². The van der Waals surface area contributed by atoms with Crippen LogP contribution in [0.25, 0.3) is 0 Å². The van der Waals surface area contributed by atoms with E-state index in [0.29, 0.717) is 5.41 Å². The van der Waals surface area contributed by atoms with Crippen molar-refractivity contribution in [1.29, 1.82) is 0 Å². The summed E-state index contributed by atoms with van der Waals surface area (Å²) in [5.41, 5.74) is 2.57. The van der Waals surface area contributed by atoms with E-state index < -0.39 is 5.60 Å². The summed E-state index contributed by atoms with van der Waals surface area (Å²) < 4.78 is 0. The highest BCUT2D eigenvalue weighted by Crippen LogP contribution is 2.55. The number of aliphatic hydroxyl groups is 1. The molecule has 1 atom stereocenters. The van der Waals surface area contributed by atoms with E-state index in [0.717, 1.165) is 18.5 Å². The van der Waals surface area contributed by atoms with Crippen LogP contribution in [0, 0.1) is 12.3 Å². The maximum Gasteiger partial charge on any atom is 0.0591 e. The zero-order chi connectivity index (χ0) is 20.5. The predicted molar refractivity (Wildman–Crippen MR) is 121 cm³/mol. The Morgan fingerprint density at radius 1 is 1.17 bits per heavy atom. The van der Waals surface area contributed by atoms with Crippen molar-refractivity contribution in [3.05, 3.63) is 52.0 Å². The maximum absolute atomic E-state index is 10.2. The molecule has 0 spiro atoms. The van der Waals surface area contributed by atoms with Crippen molar-refractivity contribution in [1.82, 2.24) is 9.88 Å². The molecule has 4 heteroatoms. The minimum atomic E-state index is -0.557. The monoisotopic (exact) mass is 412 g/mol. The van der Waals surface area contributed by atoms with Gasteiger partial charge in [0.1, 0.15) is 0 Å². The van der Waals surface area contributed by atoms with E-state index in [9.17, 15) is 5.11 Å². The van der Waals surface area contributed by atoms with E-state index in [4.69, 9.17) is 0 Å². The van der Waals surface area contributed by atoms with Crippen molar-refractivity contribution in [2.75, 3.05) is 13.1 Å². The Labute approximate surface area is 180 Å². The SMILES string of the molecule is Cc1ccc(C2(N3CC[C@@](CCCC(C)(C)O)(CCc4cccs4)C3)CC2)cn1. The van der Waals surface area contributed by atoms with E-state index >= 15 is 0 Å². The van der Waals surface area contributed by atoms with Gasteiger partial charge in [0.05, 0.1) is 5.60 Å². The number of rotatable bonds is 9. The molecule has 1 saturated heterocycles. The van der Waals surface area contributed by atoms with Gasteiger partial charge in [-0.3, -0.25) is 9.88 Å². The normalized spacial score (nSPS) is 24.1. The summed E-state index contributed by atoms with van der Waals surface area (Å²) in [6, 6.07) is 8.92. The first-order valence-corrected chi connectivity index (χ1v) is 12.1. The molecule has 1 aliphatic heterocycles. The Kier molecular flexibility index (Phi) is 5.89. The lowest BCUT2D eigenvalue weighted by molar-refractivity contribution is 0.0623. The molecule has 158 valence electrons. The molecular formula is C25H36N2OS. The largest absolute Gasteiger partial charge is 0.390 e. The van der Waals surface area contributed by atoms with Crippen LogP contribution in [-0.4, -0.2) is 33.7 Å². The molecule has 0 radical (unpaired) electrons. The van der Waals surface area contributed by atoms with E-state index in [1.54, 1.807) is 0 Å². The van der Waals surface area contributed by atoms with Gasteiger partial charge in [-0.05, 0) is 101 Å². The van der Waals surface area contributed by atoms with Crippen molar-refractivity contribution in [2.24, 2.45) is 5.41 Å². The van der Waals surface area contributed by atoms with Crippen molar-refractivity contribution in [3.8, 4) is 0 Å². The zero-order valence-corrected chi connectivity index (χ0v) is 19.1. The van der Waals surface area contributed by atoms with Crippen LogP contribution in [0.1, 0.15) is 74.9 Å². The Hall–Kier alpha value is -1.23. The fraction of sp³-hybridized carbons (Fsp3) is 0.640. The molecular weight excluding hydrogens is 376 g/mol. The third kappa shape index (κ3) is 4.92. The zero-order valence-electron chi connectivity index (χ0n) is 18.3.